The van der Waals surface area contributed by atoms with Crippen LogP contribution in [0.25, 0.3) is 22.3 Å². The number of halogens is 2. The highest BCUT2D eigenvalue weighted by Gasteiger charge is 2.22. The van der Waals surface area contributed by atoms with Gasteiger partial charge in [0, 0.05) is 23.3 Å². The van der Waals surface area contributed by atoms with Gasteiger partial charge >= 0.3 is 5.97 Å². The van der Waals surface area contributed by atoms with Gasteiger partial charge < -0.3 is 10.1 Å². The minimum Gasteiger partial charge on any atom is -0.465 e. The first-order valence-corrected chi connectivity index (χ1v) is 11.3. The lowest BCUT2D eigenvalue weighted by Crippen LogP contribution is -2.25. The number of aryl methyl sites for hydroxylation is 1. The van der Waals surface area contributed by atoms with Crippen LogP contribution in [0.15, 0.2) is 58.5 Å². The molecule has 0 aliphatic heterocycles. The van der Waals surface area contributed by atoms with E-state index in [1.54, 1.807) is 25.3 Å². The van der Waals surface area contributed by atoms with E-state index in [2.05, 4.69) is 5.32 Å². The summed E-state index contributed by atoms with van der Waals surface area (Å²) in [7, 11) is 2.92. The number of carbonyl (C=O) groups excluding carboxylic acids is 1. The molecule has 0 saturated carbocycles. The lowest BCUT2D eigenvalue weighted by molar-refractivity contribution is -0.135. The van der Waals surface area contributed by atoms with Gasteiger partial charge in [-0.05, 0) is 62.6 Å². The number of aromatic nitrogens is 2. The molecule has 8 heteroatoms. The van der Waals surface area contributed by atoms with Crippen molar-refractivity contribution in [3.8, 4) is 11.4 Å². The van der Waals surface area contributed by atoms with Crippen LogP contribution in [0.3, 0.4) is 0 Å². The molecule has 176 valence electrons. The zero-order chi connectivity index (χ0) is 24.6. The van der Waals surface area contributed by atoms with Gasteiger partial charge in [-0.3, -0.25) is 9.36 Å². The van der Waals surface area contributed by atoms with Crippen molar-refractivity contribution in [2.75, 3.05) is 7.11 Å². The van der Waals surface area contributed by atoms with Gasteiger partial charge in [0.15, 0.2) is 0 Å². The smallest absolute Gasteiger partial charge is 0.339 e. The SMILES string of the molecule is COC(=O)C1=C(NC(C)c2cc(C)cc3c(=O)n(C)c(-c4ccc(Cl)cc4F)nc23)CCC=C1. The summed E-state index contributed by atoms with van der Waals surface area (Å²) in [4.78, 5) is 30.2. The number of rotatable bonds is 5. The van der Waals surface area contributed by atoms with E-state index in [4.69, 9.17) is 21.3 Å². The predicted molar refractivity (Wildman–Crippen MR) is 131 cm³/mol. The van der Waals surface area contributed by atoms with Gasteiger partial charge in [0.25, 0.3) is 5.56 Å². The molecule has 1 unspecified atom stereocenters. The first-order valence-electron chi connectivity index (χ1n) is 10.9. The largest absolute Gasteiger partial charge is 0.465 e. The van der Waals surface area contributed by atoms with Crippen molar-refractivity contribution >= 4 is 28.5 Å². The maximum absolute atomic E-state index is 14.7. The number of hydrogen-bond donors (Lipinski definition) is 1. The number of fused-ring (bicyclic) bond motifs is 1. The van der Waals surface area contributed by atoms with Crippen LogP contribution in [0, 0.1) is 12.7 Å². The van der Waals surface area contributed by atoms with E-state index in [1.165, 1.54) is 23.8 Å². The van der Waals surface area contributed by atoms with Crippen LogP contribution in [-0.2, 0) is 16.6 Å². The van der Waals surface area contributed by atoms with Gasteiger partial charge in [-0.15, -0.1) is 0 Å². The summed E-state index contributed by atoms with van der Waals surface area (Å²) in [6, 6.07) is 7.73. The van der Waals surface area contributed by atoms with E-state index in [9.17, 15) is 14.0 Å². The Balaban J connectivity index is 1.88. The topological polar surface area (TPSA) is 73.2 Å². The molecule has 0 amide bonds. The molecule has 0 radical (unpaired) electrons. The minimum atomic E-state index is -0.559. The summed E-state index contributed by atoms with van der Waals surface area (Å²) in [6.07, 6.45) is 5.14. The fraction of sp³-hybridized carbons (Fsp3) is 0.269. The number of hydrogen-bond acceptors (Lipinski definition) is 5. The predicted octanol–water partition coefficient (Wildman–Crippen LogP) is 5.13. The molecule has 0 spiro atoms. The molecule has 1 atom stereocenters. The van der Waals surface area contributed by atoms with Gasteiger partial charge in [-0.25, -0.2) is 14.2 Å². The van der Waals surface area contributed by atoms with Crippen molar-refractivity contribution in [1.29, 1.82) is 0 Å². The highest BCUT2D eigenvalue weighted by atomic mass is 35.5. The Kier molecular flexibility index (Phi) is 6.57. The van der Waals surface area contributed by atoms with Gasteiger partial charge in [-0.1, -0.05) is 23.7 Å². The Hall–Kier alpha value is -3.45. The van der Waals surface area contributed by atoms with E-state index >= 15 is 0 Å². The molecular weight excluding hydrogens is 457 g/mol. The molecule has 34 heavy (non-hydrogen) atoms. The normalized spacial score (nSPS) is 14.4. The second kappa shape index (κ2) is 9.43. The molecule has 6 nitrogen and oxygen atoms in total. The number of allylic oxidation sites excluding steroid dienone is 2. The monoisotopic (exact) mass is 481 g/mol. The molecule has 1 aliphatic carbocycles. The highest BCUT2D eigenvalue weighted by molar-refractivity contribution is 6.30. The van der Waals surface area contributed by atoms with Crippen LogP contribution in [0.4, 0.5) is 4.39 Å². The van der Waals surface area contributed by atoms with E-state index in [0.29, 0.717) is 22.9 Å². The van der Waals surface area contributed by atoms with Crippen LogP contribution in [-0.4, -0.2) is 22.6 Å². The van der Waals surface area contributed by atoms with Gasteiger partial charge in [-0.2, -0.15) is 0 Å². The third-order valence-corrected chi connectivity index (χ3v) is 6.19. The molecule has 0 fully saturated rings. The zero-order valence-corrected chi connectivity index (χ0v) is 20.2. The number of nitrogens with zero attached hydrogens (tertiary/aromatic N) is 2. The second-order valence-corrected chi connectivity index (χ2v) is 8.80. The Morgan fingerprint density at radius 1 is 1.29 bits per heavy atom. The van der Waals surface area contributed by atoms with E-state index in [0.717, 1.165) is 23.2 Å². The number of methoxy groups -OCH3 is 1. The van der Waals surface area contributed by atoms with Gasteiger partial charge in [0.2, 0.25) is 0 Å². The maximum Gasteiger partial charge on any atom is 0.339 e. The first kappa shape index (κ1) is 23.7. The summed E-state index contributed by atoms with van der Waals surface area (Å²) >= 11 is 5.91. The van der Waals surface area contributed by atoms with Crippen LogP contribution in [0.5, 0.6) is 0 Å². The van der Waals surface area contributed by atoms with Crippen molar-refractivity contribution in [1.82, 2.24) is 14.9 Å². The van der Waals surface area contributed by atoms with Crippen molar-refractivity contribution < 1.29 is 13.9 Å². The second-order valence-electron chi connectivity index (χ2n) is 8.36. The fourth-order valence-corrected chi connectivity index (χ4v) is 4.41. The molecule has 0 bridgehead atoms. The molecular formula is C26H25ClFN3O3. The van der Waals surface area contributed by atoms with E-state index < -0.39 is 11.8 Å². The van der Waals surface area contributed by atoms with Crippen LogP contribution in [0.1, 0.15) is 36.9 Å². The van der Waals surface area contributed by atoms with Crippen molar-refractivity contribution in [3.05, 3.63) is 86.1 Å². The lowest BCUT2D eigenvalue weighted by atomic mass is 9.98. The maximum atomic E-state index is 14.7. The Labute approximate surface area is 201 Å². The average molecular weight is 482 g/mol. The number of benzene rings is 2. The van der Waals surface area contributed by atoms with Crippen LogP contribution < -0.4 is 10.9 Å². The molecule has 2 aromatic carbocycles. The molecule has 1 heterocycles. The molecule has 3 aromatic rings. The van der Waals surface area contributed by atoms with Gasteiger partial charge in [0.05, 0.1) is 35.2 Å². The van der Waals surface area contributed by atoms with Gasteiger partial charge in [0.1, 0.15) is 11.6 Å². The quantitative estimate of drug-likeness (QED) is 0.511. The highest BCUT2D eigenvalue weighted by Crippen LogP contribution is 2.29. The summed E-state index contributed by atoms with van der Waals surface area (Å²) in [5.41, 5.74) is 3.30. The van der Waals surface area contributed by atoms with E-state index in [1.807, 2.05) is 26.0 Å². The van der Waals surface area contributed by atoms with Crippen molar-refractivity contribution in [3.63, 3.8) is 0 Å². The summed E-state index contributed by atoms with van der Waals surface area (Å²) < 4.78 is 21.0. The summed E-state index contributed by atoms with van der Waals surface area (Å²) in [5.74, 6) is -0.762. The van der Waals surface area contributed by atoms with Crippen molar-refractivity contribution in [2.45, 2.75) is 32.7 Å². The molecule has 1 aliphatic rings. The third-order valence-electron chi connectivity index (χ3n) is 5.96. The van der Waals surface area contributed by atoms with Crippen LogP contribution in [0.2, 0.25) is 5.02 Å². The standard InChI is InChI=1S/C26H25ClFN3O3/c1-14-11-19(15(2)29-22-8-6-5-7-18(22)26(33)34-4)23-20(12-14)25(32)31(3)24(30-23)17-10-9-16(27)13-21(17)28/h5,7,9-13,15,29H,6,8H2,1-4H3. The number of nitrogens with one attached hydrogen (secondary N) is 1. The molecule has 1 N–H and O–H groups in total. The number of esters is 1. The Morgan fingerprint density at radius 2 is 2.06 bits per heavy atom. The van der Waals surface area contributed by atoms with Crippen LogP contribution >= 0.6 is 11.6 Å². The molecule has 0 saturated heterocycles. The first-order chi connectivity index (χ1) is 16.2. The zero-order valence-electron chi connectivity index (χ0n) is 19.4. The summed E-state index contributed by atoms with van der Waals surface area (Å²) in [6.45, 7) is 3.85. The molecule has 4 rings (SSSR count). The Morgan fingerprint density at radius 3 is 2.76 bits per heavy atom. The van der Waals surface area contributed by atoms with Crippen molar-refractivity contribution in [2.24, 2.45) is 7.05 Å². The number of carbonyl (C=O) groups is 1. The minimum absolute atomic E-state index is 0.186. The summed E-state index contributed by atoms with van der Waals surface area (Å²) in [5, 5.41) is 4.12. The third kappa shape index (κ3) is 4.35. The molecule has 1 aromatic heterocycles. The fourth-order valence-electron chi connectivity index (χ4n) is 4.25. The number of ether oxygens (including phenoxy) is 1. The Bertz CT molecular complexity index is 1430. The lowest BCUT2D eigenvalue weighted by Gasteiger charge is -2.23. The van der Waals surface area contributed by atoms with E-state index in [-0.39, 0.29) is 28.0 Å². The average Bonchev–Trinajstić information content (AvgIpc) is 2.81.